The number of likely N-dealkylation sites (tertiary alicyclic amines) is 1. The summed E-state index contributed by atoms with van der Waals surface area (Å²) >= 11 is 0. The molecule has 1 aliphatic carbocycles. The second-order valence-corrected chi connectivity index (χ2v) is 7.34. The number of nitrogens with one attached hydrogen (secondary N) is 2. The van der Waals surface area contributed by atoms with Gasteiger partial charge in [-0.05, 0) is 31.7 Å². The minimum absolute atomic E-state index is 0.0368. The van der Waals surface area contributed by atoms with E-state index in [4.69, 9.17) is 0 Å². The molecule has 4 rings (SSSR count). The maximum Gasteiger partial charge on any atom is 0.407 e. The van der Waals surface area contributed by atoms with E-state index in [1.807, 2.05) is 6.07 Å². The predicted octanol–water partition coefficient (Wildman–Crippen LogP) is 3.49. The molecule has 1 atom stereocenters. The monoisotopic (exact) mass is 356 g/mol. The SMILES string of the molecule is O=C(c1c[nH]c2nccc(NC3CCCN(C(=O)O)C3)c12)C1CCCC1. The first-order valence-corrected chi connectivity index (χ1v) is 9.38. The summed E-state index contributed by atoms with van der Waals surface area (Å²) < 4.78 is 0. The molecule has 2 aliphatic rings. The molecule has 26 heavy (non-hydrogen) atoms. The molecule has 3 heterocycles. The number of anilines is 1. The number of rotatable bonds is 4. The highest BCUT2D eigenvalue weighted by Gasteiger charge is 2.28. The van der Waals surface area contributed by atoms with Crippen molar-refractivity contribution < 1.29 is 14.7 Å². The van der Waals surface area contributed by atoms with Crippen LogP contribution in [0.3, 0.4) is 0 Å². The summed E-state index contributed by atoms with van der Waals surface area (Å²) in [5, 5.41) is 13.5. The minimum atomic E-state index is -0.880. The quantitative estimate of drug-likeness (QED) is 0.729. The van der Waals surface area contributed by atoms with Crippen molar-refractivity contribution in [1.29, 1.82) is 0 Å². The second kappa shape index (κ2) is 6.97. The lowest BCUT2D eigenvalue weighted by molar-refractivity contribution is 0.0924. The van der Waals surface area contributed by atoms with Gasteiger partial charge in [-0.25, -0.2) is 9.78 Å². The maximum atomic E-state index is 12.9. The third-order valence-electron chi connectivity index (χ3n) is 5.62. The zero-order valence-electron chi connectivity index (χ0n) is 14.7. The lowest BCUT2D eigenvalue weighted by Crippen LogP contribution is -2.44. The van der Waals surface area contributed by atoms with E-state index in [0.717, 1.165) is 49.6 Å². The number of carbonyl (C=O) groups excluding carboxylic acids is 1. The van der Waals surface area contributed by atoms with Gasteiger partial charge in [-0.2, -0.15) is 0 Å². The molecule has 0 radical (unpaired) electrons. The Labute approximate surface area is 151 Å². The van der Waals surface area contributed by atoms with Gasteiger partial charge in [0.15, 0.2) is 5.78 Å². The van der Waals surface area contributed by atoms with Crippen molar-refractivity contribution in [3.05, 3.63) is 24.0 Å². The van der Waals surface area contributed by atoms with Crippen LogP contribution in [0.1, 0.15) is 48.9 Å². The first-order chi connectivity index (χ1) is 12.6. The number of H-pyrrole nitrogens is 1. The standard InChI is InChI=1S/C19H24N4O3/c24-17(12-4-1-2-5-12)14-10-21-18-16(14)15(7-8-20-18)22-13-6-3-9-23(11-13)19(25)26/h7-8,10,12-13H,1-6,9,11H2,(H,25,26)(H2,20,21,22). The van der Waals surface area contributed by atoms with E-state index < -0.39 is 6.09 Å². The smallest absolute Gasteiger partial charge is 0.407 e. The van der Waals surface area contributed by atoms with Crippen LogP contribution in [0.5, 0.6) is 0 Å². The van der Waals surface area contributed by atoms with Crippen LogP contribution in [0.2, 0.25) is 0 Å². The molecule has 3 N–H and O–H groups in total. The molecular formula is C19H24N4O3. The molecule has 2 aromatic rings. The minimum Gasteiger partial charge on any atom is -0.465 e. The van der Waals surface area contributed by atoms with E-state index in [-0.39, 0.29) is 17.7 Å². The van der Waals surface area contributed by atoms with Gasteiger partial charge in [0.1, 0.15) is 5.65 Å². The third kappa shape index (κ3) is 3.13. The Morgan fingerprint density at radius 1 is 1.23 bits per heavy atom. The molecule has 0 aromatic carbocycles. The highest BCUT2D eigenvalue weighted by atomic mass is 16.4. The number of nitrogens with zero attached hydrogens (tertiary/aromatic N) is 2. The average Bonchev–Trinajstić information content (AvgIpc) is 3.32. The highest BCUT2D eigenvalue weighted by molar-refractivity contribution is 6.12. The number of hydrogen-bond donors (Lipinski definition) is 3. The van der Waals surface area contributed by atoms with Crippen molar-refractivity contribution in [1.82, 2.24) is 14.9 Å². The van der Waals surface area contributed by atoms with Gasteiger partial charge in [0, 0.05) is 48.7 Å². The van der Waals surface area contributed by atoms with Crippen molar-refractivity contribution in [3.8, 4) is 0 Å². The number of carbonyl (C=O) groups is 2. The fourth-order valence-electron chi connectivity index (χ4n) is 4.27. The normalized spacial score (nSPS) is 21.2. The fourth-order valence-corrected chi connectivity index (χ4v) is 4.27. The molecule has 1 amide bonds. The van der Waals surface area contributed by atoms with Crippen LogP contribution in [-0.4, -0.2) is 51.0 Å². The van der Waals surface area contributed by atoms with Crippen LogP contribution in [0.4, 0.5) is 10.5 Å². The van der Waals surface area contributed by atoms with Crippen molar-refractivity contribution in [2.24, 2.45) is 5.92 Å². The van der Waals surface area contributed by atoms with Crippen LogP contribution in [-0.2, 0) is 0 Å². The van der Waals surface area contributed by atoms with Gasteiger partial charge in [-0.1, -0.05) is 12.8 Å². The van der Waals surface area contributed by atoms with E-state index in [9.17, 15) is 14.7 Å². The van der Waals surface area contributed by atoms with Crippen LogP contribution < -0.4 is 5.32 Å². The lowest BCUT2D eigenvalue weighted by atomic mass is 9.95. The summed E-state index contributed by atoms with van der Waals surface area (Å²) in [4.78, 5) is 33.1. The summed E-state index contributed by atoms with van der Waals surface area (Å²) in [6.45, 7) is 1.03. The number of carboxylic acid groups (broad SMARTS) is 1. The molecule has 1 unspecified atom stereocenters. The molecule has 1 aliphatic heterocycles. The fraction of sp³-hybridized carbons (Fsp3) is 0.526. The van der Waals surface area contributed by atoms with Crippen LogP contribution in [0.25, 0.3) is 11.0 Å². The Kier molecular flexibility index (Phi) is 4.53. The molecule has 1 saturated heterocycles. The number of amides is 1. The van der Waals surface area contributed by atoms with Crippen LogP contribution in [0, 0.1) is 5.92 Å². The molecule has 2 fully saturated rings. The summed E-state index contributed by atoms with van der Waals surface area (Å²) in [6.07, 6.45) is 8.51. The van der Waals surface area contributed by atoms with Crippen molar-refractivity contribution in [3.63, 3.8) is 0 Å². The van der Waals surface area contributed by atoms with Gasteiger partial charge >= 0.3 is 6.09 Å². The summed E-state index contributed by atoms with van der Waals surface area (Å²) in [5.74, 6) is 0.305. The number of aromatic amines is 1. The van der Waals surface area contributed by atoms with Crippen molar-refractivity contribution >= 4 is 28.6 Å². The number of Topliss-reactive ketones (excluding diaryl/α,β-unsaturated/α-hetero) is 1. The number of hydrogen-bond acceptors (Lipinski definition) is 4. The number of ketones is 1. The Morgan fingerprint density at radius 2 is 2.04 bits per heavy atom. The molecule has 0 spiro atoms. The number of pyridine rings is 1. The number of piperidine rings is 1. The Balaban J connectivity index is 1.61. The van der Waals surface area contributed by atoms with Crippen LogP contribution in [0.15, 0.2) is 18.5 Å². The van der Waals surface area contributed by atoms with Crippen molar-refractivity contribution in [2.45, 2.75) is 44.6 Å². The maximum absolute atomic E-state index is 12.9. The number of aromatic nitrogens is 2. The first-order valence-electron chi connectivity index (χ1n) is 9.38. The first kappa shape index (κ1) is 16.9. The van der Waals surface area contributed by atoms with Crippen LogP contribution >= 0.6 is 0 Å². The van der Waals surface area contributed by atoms with Gasteiger partial charge in [-0.15, -0.1) is 0 Å². The molecule has 138 valence electrons. The summed E-state index contributed by atoms with van der Waals surface area (Å²) in [7, 11) is 0. The molecule has 7 heteroatoms. The zero-order valence-corrected chi connectivity index (χ0v) is 14.7. The molecule has 7 nitrogen and oxygen atoms in total. The summed E-state index contributed by atoms with van der Waals surface area (Å²) in [6, 6.07) is 1.91. The van der Waals surface area contributed by atoms with Gasteiger partial charge < -0.3 is 20.3 Å². The molecule has 2 aromatic heterocycles. The van der Waals surface area contributed by atoms with Crippen molar-refractivity contribution in [2.75, 3.05) is 18.4 Å². The average molecular weight is 356 g/mol. The largest absolute Gasteiger partial charge is 0.465 e. The molecule has 0 bridgehead atoms. The Hall–Kier alpha value is -2.57. The van der Waals surface area contributed by atoms with Gasteiger partial charge in [0.05, 0.1) is 5.39 Å². The van der Waals surface area contributed by atoms with E-state index in [0.29, 0.717) is 24.3 Å². The molecule has 1 saturated carbocycles. The molecular weight excluding hydrogens is 332 g/mol. The van der Waals surface area contributed by atoms with Gasteiger partial charge in [0.25, 0.3) is 0 Å². The summed E-state index contributed by atoms with van der Waals surface area (Å²) in [5.41, 5.74) is 2.26. The topological polar surface area (TPSA) is 98.3 Å². The van der Waals surface area contributed by atoms with E-state index >= 15 is 0 Å². The lowest BCUT2D eigenvalue weighted by Gasteiger charge is -2.32. The van der Waals surface area contributed by atoms with E-state index in [1.165, 1.54) is 4.90 Å². The Bertz CT molecular complexity index is 825. The zero-order chi connectivity index (χ0) is 18.1. The second-order valence-electron chi connectivity index (χ2n) is 7.34. The van der Waals surface area contributed by atoms with Gasteiger partial charge in [-0.3, -0.25) is 4.79 Å². The predicted molar refractivity (Wildman–Crippen MR) is 98.6 cm³/mol. The van der Waals surface area contributed by atoms with E-state index in [2.05, 4.69) is 15.3 Å². The van der Waals surface area contributed by atoms with Gasteiger partial charge in [0.2, 0.25) is 0 Å². The Morgan fingerprint density at radius 3 is 2.81 bits per heavy atom. The highest BCUT2D eigenvalue weighted by Crippen LogP contribution is 2.33. The number of fused-ring (bicyclic) bond motifs is 1. The third-order valence-corrected chi connectivity index (χ3v) is 5.62. The van der Waals surface area contributed by atoms with E-state index in [1.54, 1.807) is 12.4 Å².